The lowest BCUT2D eigenvalue weighted by atomic mass is 9.43. The fourth-order valence-electron chi connectivity index (χ4n) is 9.37. The van der Waals surface area contributed by atoms with E-state index in [0.717, 1.165) is 30.6 Å². The van der Waals surface area contributed by atoms with Crippen LogP contribution in [0.1, 0.15) is 106 Å². The van der Waals surface area contributed by atoms with Crippen LogP contribution >= 0.6 is 0 Å². The summed E-state index contributed by atoms with van der Waals surface area (Å²) in [6.07, 6.45) is 11.9. The minimum Gasteiger partial charge on any atom is -0.393 e. The van der Waals surface area contributed by atoms with Gasteiger partial charge in [-0.15, -0.1) is 0 Å². The van der Waals surface area contributed by atoms with Crippen molar-refractivity contribution in [3.8, 4) is 0 Å². The molecule has 3 nitrogen and oxygen atoms in total. The summed E-state index contributed by atoms with van der Waals surface area (Å²) >= 11 is 0. The van der Waals surface area contributed by atoms with Crippen LogP contribution in [-0.2, 0) is 4.79 Å². The van der Waals surface area contributed by atoms with Gasteiger partial charge in [0.25, 0.3) is 0 Å². The van der Waals surface area contributed by atoms with Crippen molar-refractivity contribution in [2.75, 3.05) is 0 Å². The summed E-state index contributed by atoms with van der Waals surface area (Å²) < 4.78 is 0. The van der Waals surface area contributed by atoms with Gasteiger partial charge in [0, 0.05) is 12.5 Å². The van der Waals surface area contributed by atoms with Crippen molar-refractivity contribution in [3.63, 3.8) is 0 Å². The number of nitrogens with one attached hydrogen (secondary N) is 1. The highest BCUT2D eigenvalue weighted by Gasteiger charge is 2.62. The Labute approximate surface area is 191 Å². The molecule has 0 bridgehead atoms. The normalized spacial score (nSPS) is 47.9. The van der Waals surface area contributed by atoms with Gasteiger partial charge in [-0.2, -0.15) is 0 Å². The molecule has 10 atom stereocenters. The maximum Gasteiger partial charge on any atom is 0.220 e. The third kappa shape index (κ3) is 4.11. The van der Waals surface area contributed by atoms with Crippen molar-refractivity contribution >= 4 is 5.91 Å². The summed E-state index contributed by atoms with van der Waals surface area (Å²) in [5.41, 5.74) is 0.803. The number of carbonyl (C=O) groups is 1. The molecule has 1 amide bonds. The lowest BCUT2D eigenvalue weighted by Gasteiger charge is -2.62. The highest BCUT2D eigenvalue weighted by Crippen LogP contribution is 2.68. The first-order valence-corrected chi connectivity index (χ1v) is 13.5. The fraction of sp³-hybridized carbons (Fsp3) is 0.964. The SMILES string of the molecule is CC(C)NC(=O)CC[C@H](C)[C@@H]1CC[C@@H]2[C@H]3[C@H](O)C[C@H]4C[C@@H](C)CC[C@@]4(C)[C@@H]3CC[C@]21C. The minimum absolute atomic E-state index is 0.0936. The zero-order chi connectivity index (χ0) is 22.6. The average molecular weight is 432 g/mol. The lowest BCUT2D eigenvalue weighted by Crippen LogP contribution is -2.58. The van der Waals surface area contributed by atoms with E-state index in [2.05, 4.69) is 33.0 Å². The molecule has 4 fully saturated rings. The Morgan fingerprint density at radius 1 is 1.00 bits per heavy atom. The molecule has 178 valence electrons. The van der Waals surface area contributed by atoms with Crippen LogP contribution in [0.25, 0.3) is 0 Å². The van der Waals surface area contributed by atoms with Gasteiger partial charge in [0.15, 0.2) is 0 Å². The topological polar surface area (TPSA) is 49.3 Å². The van der Waals surface area contributed by atoms with Crippen molar-refractivity contribution in [1.82, 2.24) is 5.32 Å². The first kappa shape index (κ1) is 23.6. The van der Waals surface area contributed by atoms with E-state index in [1.165, 1.54) is 44.9 Å². The van der Waals surface area contributed by atoms with Crippen LogP contribution in [0.15, 0.2) is 0 Å². The second-order valence-electron chi connectivity index (χ2n) is 13.1. The molecule has 31 heavy (non-hydrogen) atoms. The monoisotopic (exact) mass is 431 g/mol. The number of aliphatic hydroxyl groups is 1. The van der Waals surface area contributed by atoms with Gasteiger partial charge in [0.2, 0.25) is 5.91 Å². The van der Waals surface area contributed by atoms with Gasteiger partial charge in [-0.05, 0) is 117 Å². The average Bonchev–Trinajstić information content (AvgIpc) is 3.04. The Bertz CT molecular complexity index is 661. The molecule has 0 spiro atoms. The molecule has 3 heteroatoms. The second kappa shape index (κ2) is 8.65. The van der Waals surface area contributed by atoms with Crippen LogP contribution in [0.2, 0.25) is 0 Å². The van der Waals surface area contributed by atoms with E-state index in [1.54, 1.807) is 0 Å². The third-order valence-corrected chi connectivity index (χ3v) is 11.0. The number of hydrogen-bond donors (Lipinski definition) is 2. The molecule has 4 saturated carbocycles. The maximum atomic E-state index is 12.2. The van der Waals surface area contributed by atoms with Gasteiger partial charge in [0.1, 0.15) is 0 Å². The summed E-state index contributed by atoms with van der Waals surface area (Å²) in [6, 6.07) is 0.229. The van der Waals surface area contributed by atoms with Crippen LogP contribution < -0.4 is 5.32 Å². The highest BCUT2D eigenvalue weighted by atomic mass is 16.3. The predicted octanol–water partition coefficient (Wildman–Crippen LogP) is 6.19. The number of fused-ring (bicyclic) bond motifs is 5. The summed E-state index contributed by atoms with van der Waals surface area (Å²) in [5, 5.41) is 14.5. The van der Waals surface area contributed by atoms with Gasteiger partial charge < -0.3 is 10.4 Å². The van der Waals surface area contributed by atoms with Crippen LogP contribution in [-0.4, -0.2) is 23.2 Å². The van der Waals surface area contributed by atoms with E-state index < -0.39 is 0 Å². The summed E-state index contributed by atoms with van der Waals surface area (Å²) in [5.74, 6) is 4.97. The Balaban J connectivity index is 1.47. The quantitative estimate of drug-likeness (QED) is 0.545. The second-order valence-corrected chi connectivity index (χ2v) is 13.1. The van der Waals surface area contributed by atoms with Crippen molar-refractivity contribution in [2.45, 2.75) is 118 Å². The standard InChI is InChI=1S/C28H49NO2/c1-17(2)29-25(31)10-7-19(4)21-8-9-22-26-23(12-14-28(21,22)6)27(5)13-11-18(3)15-20(27)16-24(26)30/h17-24,26,30H,7-16H2,1-6H3,(H,29,31)/t18-,19-,20+,21-,22+,23+,24+,26+,27+,28-/m0/s1. The molecule has 0 unspecified atom stereocenters. The Morgan fingerprint density at radius 3 is 2.39 bits per heavy atom. The number of carbonyl (C=O) groups excluding carboxylic acids is 1. The summed E-state index contributed by atoms with van der Waals surface area (Å²) in [4.78, 5) is 12.2. The van der Waals surface area contributed by atoms with E-state index in [4.69, 9.17) is 0 Å². The first-order valence-electron chi connectivity index (χ1n) is 13.5. The highest BCUT2D eigenvalue weighted by molar-refractivity contribution is 5.76. The molecule has 0 aliphatic heterocycles. The maximum absolute atomic E-state index is 12.2. The first-order chi connectivity index (χ1) is 14.6. The summed E-state index contributed by atoms with van der Waals surface area (Å²) in [7, 11) is 0. The molecule has 4 aliphatic carbocycles. The van der Waals surface area contributed by atoms with E-state index in [0.29, 0.717) is 40.9 Å². The van der Waals surface area contributed by atoms with Gasteiger partial charge in [-0.3, -0.25) is 4.79 Å². The minimum atomic E-state index is -0.0936. The summed E-state index contributed by atoms with van der Waals surface area (Å²) in [6.45, 7) is 14.0. The number of rotatable bonds is 5. The van der Waals surface area contributed by atoms with Crippen molar-refractivity contribution in [2.24, 2.45) is 52.3 Å². The van der Waals surface area contributed by atoms with E-state index in [1.807, 2.05) is 13.8 Å². The number of amides is 1. The Kier molecular flexibility index (Phi) is 6.58. The van der Waals surface area contributed by atoms with Crippen molar-refractivity contribution in [1.29, 1.82) is 0 Å². The fourth-order valence-corrected chi connectivity index (χ4v) is 9.37. The molecule has 0 aromatic carbocycles. The molecule has 4 rings (SSSR count). The van der Waals surface area contributed by atoms with Crippen LogP contribution in [0.3, 0.4) is 0 Å². The molecule has 4 aliphatic rings. The molecular weight excluding hydrogens is 382 g/mol. The number of hydrogen-bond acceptors (Lipinski definition) is 2. The van der Waals surface area contributed by atoms with E-state index >= 15 is 0 Å². The van der Waals surface area contributed by atoms with Gasteiger partial charge in [0.05, 0.1) is 6.10 Å². The van der Waals surface area contributed by atoms with Crippen LogP contribution in [0.4, 0.5) is 0 Å². The smallest absolute Gasteiger partial charge is 0.220 e. The number of aliphatic hydroxyl groups excluding tert-OH is 1. The lowest BCUT2D eigenvalue weighted by molar-refractivity contribution is -0.168. The van der Waals surface area contributed by atoms with Crippen LogP contribution in [0, 0.1) is 52.3 Å². The molecule has 0 saturated heterocycles. The molecular formula is C28H49NO2. The molecule has 2 N–H and O–H groups in total. The van der Waals surface area contributed by atoms with E-state index in [-0.39, 0.29) is 18.1 Å². The van der Waals surface area contributed by atoms with Gasteiger partial charge >= 0.3 is 0 Å². The van der Waals surface area contributed by atoms with Gasteiger partial charge in [-0.1, -0.05) is 34.1 Å². The molecule has 0 heterocycles. The largest absolute Gasteiger partial charge is 0.393 e. The van der Waals surface area contributed by atoms with Crippen molar-refractivity contribution in [3.05, 3.63) is 0 Å². The zero-order valence-electron chi connectivity index (χ0n) is 21.1. The predicted molar refractivity (Wildman–Crippen MR) is 127 cm³/mol. The van der Waals surface area contributed by atoms with Crippen LogP contribution in [0.5, 0.6) is 0 Å². The molecule has 0 radical (unpaired) electrons. The molecule has 0 aromatic rings. The Hall–Kier alpha value is -0.570. The Morgan fingerprint density at radius 2 is 1.68 bits per heavy atom. The van der Waals surface area contributed by atoms with Gasteiger partial charge in [-0.25, -0.2) is 0 Å². The third-order valence-electron chi connectivity index (χ3n) is 11.0. The molecule has 0 aromatic heterocycles. The zero-order valence-corrected chi connectivity index (χ0v) is 21.1. The van der Waals surface area contributed by atoms with E-state index in [9.17, 15) is 9.90 Å². The van der Waals surface area contributed by atoms with Crippen molar-refractivity contribution < 1.29 is 9.90 Å².